The first-order valence-corrected chi connectivity index (χ1v) is 9.80. The fourth-order valence-electron chi connectivity index (χ4n) is 3.16. The molecule has 9 nitrogen and oxygen atoms in total. The van der Waals surface area contributed by atoms with E-state index in [0.29, 0.717) is 24.5 Å². The molecule has 0 bridgehead atoms. The predicted molar refractivity (Wildman–Crippen MR) is 113 cm³/mol. The lowest BCUT2D eigenvalue weighted by Gasteiger charge is -2.31. The minimum Gasteiger partial charge on any atom is -0.493 e. The van der Waals surface area contributed by atoms with Gasteiger partial charge in [-0.05, 0) is 57.4 Å². The number of aromatic nitrogens is 1. The average Bonchev–Trinajstić information content (AvgIpc) is 2.67. The summed E-state index contributed by atoms with van der Waals surface area (Å²) in [5.74, 6) is 0.986. The molecule has 1 aromatic heterocycles. The van der Waals surface area contributed by atoms with E-state index in [-0.39, 0.29) is 18.0 Å². The number of nitrogens with two attached hydrogens (primary N) is 1. The van der Waals surface area contributed by atoms with Gasteiger partial charge in [-0.2, -0.15) is 0 Å². The normalized spacial score (nSPS) is 13.5. The van der Waals surface area contributed by atoms with E-state index in [1.54, 1.807) is 11.0 Å². The monoisotopic (exact) mass is 414 g/mol. The van der Waals surface area contributed by atoms with Crippen LogP contribution in [0.1, 0.15) is 38.4 Å². The summed E-state index contributed by atoms with van der Waals surface area (Å²) in [6, 6.07) is 8.23. The van der Waals surface area contributed by atoms with Crippen LogP contribution in [0, 0.1) is 10.1 Å². The molecular formula is C21H26N4O5. The Hall–Kier alpha value is -3.36. The molecule has 2 heterocycles. The standard InChI is InChI=1S/C21H26N4O5/c1-21(2,3)30-20(26)24-11-4-5-14-6-7-15(23-19(14)24)10-12-29-16-8-9-17(22)18(13-16)25(27)28/h6-9,13H,4-5,10-12,22H2,1-3H3. The van der Waals surface area contributed by atoms with E-state index in [1.165, 1.54) is 12.1 Å². The van der Waals surface area contributed by atoms with Crippen molar-refractivity contribution >= 4 is 23.3 Å². The predicted octanol–water partition coefficient (Wildman–Crippen LogP) is 3.88. The Balaban J connectivity index is 1.69. The van der Waals surface area contributed by atoms with Crippen molar-refractivity contribution < 1.29 is 19.2 Å². The van der Waals surface area contributed by atoms with Crippen LogP contribution in [0.5, 0.6) is 5.75 Å². The molecule has 1 aromatic carbocycles. The van der Waals surface area contributed by atoms with Gasteiger partial charge in [-0.3, -0.25) is 15.0 Å². The highest BCUT2D eigenvalue weighted by molar-refractivity contribution is 5.88. The molecule has 1 aliphatic heterocycles. The van der Waals surface area contributed by atoms with Gasteiger partial charge >= 0.3 is 6.09 Å². The summed E-state index contributed by atoms with van der Waals surface area (Å²) in [6.45, 7) is 6.33. The maximum atomic E-state index is 12.6. The van der Waals surface area contributed by atoms with Crippen LogP contribution in [0.3, 0.4) is 0 Å². The fraction of sp³-hybridized carbons (Fsp3) is 0.429. The Morgan fingerprint density at radius 3 is 2.77 bits per heavy atom. The number of nitrogens with zero attached hydrogens (tertiary/aromatic N) is 3. The summed E-state index contributed by atoms with van der Waals surface area (Å²) in [6.07, 6.45) is 1.78. The highest BCUT2D eigenvalue weighted by Crippen LogP contribution is 2.28. The number of benzene rings is 1. The van der Waals surface area contributed by atoms with Gasteiger partial charge in [0.1, 0.15) is 22.9 Å². The van der Waals surface area contributed by atoms with E-state index in [0.717, 1.165) is 24.1 Å². The molecule has 0 spiro atoms. The molecule has 160 valence electrons. The van der Waals surface area contributed by atoms with Crippen molar-refractivity contribution in [1.82, 2.24) is 4.98 Å². The van der Waals surface area contributed by atoms with Gasteiger partial charge in [0.2, 0.25) is 0 Å². The molecule has 1 aliphatic rings. The summed E-state index contributed by atoms with van der Waals surface area (Å²) >= 11 is 0. The molecule has 30 heavy (non-hydrogen) atoms. The second-order valence-electron chi connectivity index (χ2n) is 8.10. The lowest BCUT2D eigenvalue weighted by Crippen LogP contribution is -2.40. The smallest absolute Gasteiger partial charge is 0.416 e. The van der Waals surface area contributed by atoms with Gasteiger partial charge in [0.15, 0.2) is 0 Å². The minimum absolute atomic E-state index is 0.0888. The van der Waals surface area contributed by atoms with E-state index in [9.17, 15) is 14.9 Å². The zero-order chi connectivity index (χ0) is 21.9. The Morgan fingerprint density at radius 1 is 1.30 bits per heavy atom. The number of nitrogen functional groups attached to an aromatic ring is 1. The zero-order valence-electron chi connectivity index (χ0n) is 17.4. The number of nitro groups is 1. The lowest BCUT2D eigenvalue weighted by molar-refractivity contribution is -0.384. The molecule has 2 N–H and O–H groups in total. The van der Waals surface area contributed by atoms with Crippen LogP contribution in [-0.4, -0.2) is 34.8 Å². The van der Waals surface area contributed by atoms with Crippen LogP contribution >= 0.6 is 0 Å². The fourth-order valence-corrected chi connectivity index (χ4v) is 3.16. The first kappa shape index (κ1) is 21.4. The lowest BCUT2D eigenvalue weighted by atomic mass is 10.1. The van der Waals surface area contributed by atoms with Crippen LogP contribution < -0.4 is 15.4 Å². The average molecular weight is 414 g/mol. The Kier molecular flexibility index (Phi) is 6.09. The minimum atomic E-state index is -0.582. The molecular weight excluding hydrogens is 388 g/mol. The molecule has 0 unspecified atom stereocenters. The number of rotatable bonds is 5. The number of amides is 1. The van der Waals surface area contributed by atoms with Gasteiger partial charge in [-0.25, -0.2) is 9.78 Å². The SMILES string of the molecule is CC(C)(C)OC(=O)N1CCCc2ccc(CCOc3ccc(N)c([N+](=O)[O-])c3)nc21. The summed E-state index contributed by atoms with van der Waals surface area (Å²) in [5.41, 5.74) is 6.68. The summed E-state index contributed by atoms with van der Waals surface area (Å²) in [5, 5.41) is 11.0. The van der Waals surface area contributed by atoms with E-state index in [1.807, 2.05) is 32.9 Å². The van der Waals surface area contributed by atoms with E-state index in [2.05, 4.69) is 4.98 Å². The highest BCUT2D eigenvalue weighted by Gasteiger charge is 2.28. The second-order valence-corrected chi connectivity index (χ2v) is 8.10. The number of carbonyl (C=O) groups excluding carboxylic acids is 1. The Morgan fingerprint density at radius 2 is 2.07 bits per heavy atom. The summed E-state index contributed by atoms with van der Waals surface area (Å²) < 4.78 is 11.1. The van der Waals surface area contributed by atoms with Gasteiger partial charge < -0.3 is 15.2 Å². The molecule has 2 aromatic rings. The van der Waals surface area contributed by atoms with E-state index < -0.39 is 16.6 Å². The molecule has 0 saturated carbocycles. The first-order valence-electron chi connectivity index (χ1n) is 9.80. The van der Waals surface area contributed by atoms with Crippen molar-refractivity contribution in [3.8, 4) is 5.75 Å². The number of nitro benzene ring substituents is 1. The number of anilines is 2. The molecule has 9 heteroatoms. The second kappa shape index (κ2) is 8.56. The number of ether oxygens (including phenoxy) is 2. The number of hydrogen-bond donors (Lipinski definition) is 1. The molecule has 0 radical (unpaired) electrons. The van der Waals surface area contributed by atoms with Crippen molar-refractivity contribution in [1.29, 1.82) is 0 Å². The molecule has 0 fully saturated rings. The topological polar surface area (TPSA) is 121 Å². The van der Waals surface area contributed by atoms with Crippen LogP contribution in [0.25, 0.3) is 0 Å². The molecule has 1 amide bonds. The first-order chi connectivity index (χ1) is 14.1. The third-order valence-electron chi connectivity index (χ3n) is 4.54. The Bertz CT molecular complexity index is 955. The van der Waals surface area contributed by atoms with Gasteiger partial charge in [0.05, 0.1) is 17.6 Å². The van der Waals surface area contributed by atoms with Crippen LogP contribution in [0.2, 0.25) is 0 Å². The number of pyridine rings is 1. The molecule has 0 aliphatic carbocycles. The van der Waals surface area contributed by atoms with E-state index >= 15 is 0 Å². The molecule has 0 atom stereocenters. The maximum Gasteiger partial charge on any atom is 0.416 e. The summed E-state index contributed by atoms with van der Waals surface area (Å²) in [4.78, 5) is 29.3. The van der Waals surface area contributed by atoms with Crippen LogP contribution in [-0.2, 0) is 17.6 Å². The van der Waals surface area contributed by atoms with Crippen molar-refractivity contribution in [2.45, 2.75) is 45.6 Å². The molecule has 3 rings (SSSR count). The Labute approximate surface area is 174 Å². The van der Waals surface area contributed by atoms with Gasteiger partial charge in [-0.15, -0.1) is 0 Å². The maximum absolute atomic E-state index is 12.6. The number of aryl methyl sites for hydroxylation is 1. The number of carbonyl (C=O) groups is 1. The quantitative estimate of drug-likeness (QED) is 0.448. The van der Waals surface area contributed by atoms with Crippen LogP contribution in [0.15, 0.2) is 30.3 Å². The largest absolute Gasteiger partial charge is 0.493 e. The summed E-state index contributed by atoms with van der Waals surface area (Å²) in [7, 11) is 0. The third-order valence-corrected chi connectivity index (χ3v) is 4.54. The van der Waals surface area contributed by atoms with Gasteiger partial charge in [-0.1, -0.05) is 6.07 Å². The molecule has 0 saturated heterocycles. The van der Waals surface area contributed by atoms with Gasteiger partial charge in [0.25, 0.3) is 5.69 Å². The van der Waals surface area contributed by atoms with Crippen molar-refractivity contribution in [3.63, 3.8) is 0 Å². The van der Waals surface area contributed by atoms with Crippen LogP contribution in [0.4, 0.5) is 22.0 Å². The van der Waals surface area contributed by atoms with Crippen molar-refractivity contribution in [2.24, 2.45) is 0 Å². The van der Waals surface area contributed by atoms with E-state index in [4.69, 9.17) is 15.2 Å². The highest BCUT2D eigenvalue weighted by atomic mass is 16.6. The number of hydrogen-bond acceptors (Lipinski definition) is 7. The van der Waals surface area contributed by atoms with Crippen molar-refractivity contribution in [2.75, 3.05) is 23.8 Å². The number of fused-ring (bicyclic) bond motifs is 1. The van der Waals surface area contributed by atoms with Gasteiger partial charge in [0, 0.05) is 18.7 Å². The third kappa shape index (κ3) is 5.16. The van der Waals surface area contributed by atoms with Crippen molar-refractivity contribution in [3.05, 3.63) is 51.7 Å². The zero-order valence-corrected chi connectivity index (χ0v) is 17.4.